The van der Waals surface area contributed by atoms with Crippen LogP contribution in [0.15, 0.2) is 0 Å². The van der Waals surface area contributed by atoms with Crippen LogP contribution in [0.5, 0.6) is 0 Å². The van der Waals surface area contributed by atoms with Crippen LogP contribution in [-0.2, 0) is 4.79 Å². The molecule has 100 valence electrons. The molecule has 1 rings (SSSR count). The summed E-state index contributed by atoms with van der Waals surface area (Å²) < 4.78 is 0. The van der Waals surface area contributed by atoms with Gasteiger partial charge >= 0.3 is 0 Å². The summed E-state index contributed by atoms with van der Waals surface area (Å²) in [7, 11) is 0. The number of carbonyl (C=O) groups is 1. The van der Waals surface area contributed by atoms with E-state index in [1.165, 1.54) is 12.8 Å². The second kappa shape index (κ2) is 4.97. The summed E-state index contributed by atoms with van der Waals surface area (Å²) in [6.45, 7) is 9.80. The number of hydrogen-bond acceptors (Lipinski definition) is 2. The highest BCUT2D eigenvalue weighted by molar-refractivity contribution is 5.83. The summed E-state index contributed by atoms with van der Waals surface area (Å²) >= 11 is 0. The zero-order chi connectivity index (χ0) is 13.3. The highest BCUT2D eigenvalue weighted by Crippen LogP contribution is 2.35. The molecule has 17 heavy (non-hydrogen) atoms. The van der Waals surface area contributed by atoms with Crippen LogP contribution in [0.25, 0.3) is 0 Å². The van der Waals surface area contributed by atoms with Gasteiger partial charge in [0.2, 0.25) is 5.91 Å². The largest absolute Gasteiger partial charge is 0.353 e. The summed E-state index contributed by atoms with van der Waals surface area (Å²) in [5.41, 5.74) is 5.04. The molecule has 0 radical (unpaired) electrons. The van der Waals surface area contributed by atoms with Crippen molar-refractivity contribution in [2.45, 2.75) is 71.9 Å². The molecule has 3 N–H and O–H groups in total. The SMILES string of the molecule is CCC(CC1CC1)NC(=O)C(C)(C)C(C)(C)N. The van der Waals surface area contributed by atoms with Gasteiger partial charge in [-0.3, -0.25) is 4.79 Å². The standard InChI is InChI=1S/C14H28N2O/c1-6-11(9-10-7-8-10)16-12(17)13(2,3)14(4,5)15/h10-11H,6-9,15H2,1-5H3,(H,16,17). The van der Waals surface area contributed by atoms with Gasteiger partial charge in [-0.15, -0.1) is 0 Å². The Morgan fingerprint density at radius 1 is 1.35 bits per heavy atom. The molecule has 3 nitrogen and oxygen atoms in total. The van der Waals surface area contributed by atoms with Crippen LogP contribution in [0.3, 0.4) is 0 Å². The Balaban J connectivity index is 2.56. The van der Waals surface area contributed by atoms with Crippen molar-refractivity contribution in [3.05, 3.63) is 0 Å². The first-order chi connectivity index (χ1) is 7.68. The van der Waals surface area contributed by atoms with E-state index < -0.39 is 11.0 Å². The van der Waals surface area contributed by atoms with E-state index in [2.05, 4.69) is 12.2 Å². The van der Waals surface area contributed by atoms with Crippen molar-refractivity contribution in [3.8, 4) is 0 Å². The van der Waals surface area contributed by atoms with Crippen LogP contribution in [0, 0.1) is 11.3 Å². The topological polar surface area (TPSA) is 55.1 Å². The Labute approximate surface area is 106 Å². The first-order valence-corrected chi connectivity index (χ1v) is 6.78. The smallest absolute Gasteiger partial charge is 0.227 e. The Morgan fingerprint density at radius 2 is 1.88 bits per heavy atom. The van der Waals surface area contributed by atoms with Gasteiger partial charge in [0.25, 0.3) is 0 Å². The van der Waals surface area contributed by atoms with Crippen molar-refractivity contribution in [1.82, 2.24) is 5.32 Å². The molecule has 0 aromatic heterocycles. The molecule has 1 aliphatic carbocycles. The van der Waals surface area contributed by atoms with Crippen molar-refractivity contribution < 1.29 is 4.79 Å². The number of nitrogens with two attached hydrogens (primary N) is 1. The van der Waals surface area contributed by atoms with E-state index in [-0.39, 0.29) is 5.91 Å². The normalized spacial score (nSPS) is 18.9. The fourth-order valence-corrected chi connectivity index (χ4v) is 1.74. The Morgan fingerprint density at radius 3 is 2.24 bits per heavy atom. The van der Waals surface area contributed by atoms with Crippen molar-refractivity contribution in [1.29, 1.82) is 0 Å². The van der Waals surface area contributed by atoms with Crippen LogP contribution >= 0.6 is 0 Å². The average molecular weight is 240 g/mol. The Bertz CT molecular complexity index is 274. The first kappa shape index (κ1) is 14.5. The average Bonchev–Trinajstić information content (AvgIpc) is 2.98. The van der Waals surface area contributed by atoms with E-state index in [9.17, 15) is 4.79 Å². The van der Waals surface area contributed by atoms with Gasteiger partial charge in [-0.1, -0.05) is 19.8 Å². The van der Waals surface area contributed by atoms with Crippen molar-refractivity contribution in [3.63, 3.8) is 0 Å². The minimum Gasteiger partial charge on any atom is -0.353 e. The van der Waals surface area contributed by atoms with Crippen LogP contribution in [0.2, 0.25) is 0 Å². The van der Waals surface area contributed by atoms with Gasteiger partial charge in [0.15, 0.2) is 0 Å². The van der Waals surface area contributed by atoms with Gasteiger partial charge in [0, 0.05) is 11.6 Å². The molecule has 1 atom stereocenters. The minimum atomic E-state index is -0.538. The van der Waals surface area contributed by atoms with Crippen LogP contribution < -0.4 is 11.1 Å². The molecule has 1 amide bonds. The third kappa shape index (κ3) is 3.70. The zero-order valence-corrected chi connectivity index (χ0v) is 12.0. The van der Waals surface area contributed by atoms with E-state index in [0.717, 1.165) is 18.8 Å². The predicted molar refractivity (Wildman–Crippen MR) is 71.6 cm³/mol. The molecule has 1 aliphatic rings. The maximum Gasteiger partial charge on any atom is 0.227 e. The lowest BCUT2D eigenvalue weighted by atomic mass is 9.74. The second-order valence-corrected chi connectivity index (χ2v) is 6.60. The summed E-state index contributed by atoms with van der Waals surface area (Å²) in [5.74, 6) is 0.923. The van der Waals surface area contributed by atoms with Gasteiger partial charge in [0.05, 0.1) is 5.41 Å². The third-order valence-electron chi connectivity index (χ3n) is 4.32. The molecule has 1 unspecified atom stereocenters. The number of nitrogens with one attached hydrogen (secondary N) is 1. The first-order valence-electron chi connectivity index (χ1n) is 6.78. The Kier molecular flexibility index (Phi) is 4.23. The molecular weight excluding hydrogens is 212 g/mol. The van der Waals surface area contributed by atoms with E-state index in [4.69, 9.17) is 5.73 Å². The molecule has 1 saturated carbocycles. The maximum absolute atomic E-state index is 12.3. The Hall–Kier alpha value is -0.570. The van der Waals surface area contributed by atoms with Gasteiger partial charge in [-0.05, 0) is 46.5 Å². The minimum absolute atomic E-state index is 0.0810. The number of amides is 1. The van der Waals surface area contributed by atoms with Crippen molar-refractivity contribution in [2.24, 2.45) is 17.1 Å². The fourth-order valence-electron chi connectivity index (χ4n) is 1.74. The quantitative estimate of drug-likeness (QED) is 0.749. The lowest BCUT2D eigenvalue weighted by Crippen LogP contribution is -2.57. The van der Waals surface area contributed by atoms with Gasteiger partial charge in [0.1, 0.15) is 0 Å². The molecule has 0 bridgehead atoms. The predicted octanol–water partition coefficient (Wildman–Crippen LogP) is 2.44. The lowest BCUT2D eigenvalue weighted by molar-refractivity contribution is -0.133. The number of rotatable bonds is 6. The second-order valence-electron chi connectivity index (χ2n) is 6.60. The maximum atomic E-state index is 12.3. The summed E-state index contributed by atoms with van der Waals surface area (Å²) in [5, 5.41) is 3.17. The van der Waals surface area contributed by atoms with Crippen LogP contribution in [0.1, 0.15) is 60.3 Å². The molecule has 0 spiro atoms. The molecule has 0 aromatic rings. The van der Waals surface area contributed by atoms with E-state index >= 15 is 0 Å². The van der Waals surface area contributed by atoms with Gasteiger partial charge in [-0.2, -0.15) is 0 Å². The van der Waals surface area contributed by atoms with Gasteiger partial charge < -0.3 is 11.1 Å². The molecular formula is C14H28N2O. The molecule has 1 fully saturated rings. The van der Waals surface area contributed by atoms with Crippen molar-refractivity contribution in [2.75, 3.05) is 0 Å². The van der Waals surface area contributed by atoms with E-state index in [0.29, 0.717) is 6.04 Å². The molecule has 0 heterocycles. The monoisotopic (exact) mass is 240 g/mol. The van der Waals surface area contributed by atoms with E-state index in [1.54, 1.807) is 0 Å². The highest BCUT2D eigenvalue weighted by atomic mass is 16.2. The zero-order valence-electron chi connectivity index (χ0n) is 12.0. The highest BCUT2D eigenvalue weighted by Gasteiger charge is 2.41. The summed E-state index contributed by atoms with van der Waals surface area (Å²) in [6, 6.07) is 0.316. The number of hydrogen-bond donors (Lipinski definition) is 2. The summed E-state index contributed by atoms with van der Waals surface area (Å²) in [4.78, 5) is 12.3. The van der Waals surface area contributed by atoms with Crippen LogP contribution in [0.4, 0.5) is 0 Å². The molecule has 0 aliphatic heterocycles. The number of carbonyl (C=O) groups excluding carboxylic acids is 1. The van der Waals surface area contributed by atoms with Gasteiger partial charge in [-0.25, -0.2) is 0 Å². The van der Waals surface area contributed by atoms with Crippen molar-refractivity contribution >= 4 is 5.91 Å². The lowest BCUT2D eigenvalue weighted by Gasteiger charge is -2.38. The molecule has 0 saturated heterocycles. The third-order valence-corrected chi connectivity index (χ3v) is 4.32. The molecule has 3 heteroatoms. The van der Waals surface area contributed by atoms with Crippen LogP contribution in [-0.4, -0.2) is 17.5 Å². The summed E-state index contributed by atoms with van der Waals surface area (Å²) in [6.07, 6.45) is 4.79. The van der Waals surface area contributed by atoms with E-state index in [1.807, 2.05) is 27.7 Å². The molecule has 0 aromatic carbocycles. The fraction of sp³-hybridized carbons (Fsp3) is 0.929.